The number of guanidine groups is 1. The van der Waals surface area contributed by atoms with Gasteiger partial charge >= 0.3 is 0 Å². The molecule has 0 aromatic carbocycles. The molecular formula is C3H6N4S. The van der Waals surface area contributed by atoms with E-state index in [0.717, 1.165) is 0 Å². The highest BCUT2D eigenvalue weighted by molar-refractivity contribution is 7.99. The van der Waals surface area contributed by atoms with E-state index in [4.69, 9.17) is 5.73 Å². The normalized spacial score (nSPS) is 26.1. The van der Waals surface area contributed by atoms with Crippen molar-refractivity contribution >= 4 is 17.7 Å². The van der Waals surface area contributed by atoms with E-state index in [0.29, 0.717) is 0 Å². The zero-order chi connectivity index (χ0) is 5.98. The summed E-state index contributed by atoms with van der Waals surface area (Å²) in [5.74, 6) is 0.282. The van der Waals surface area contributed by atoms with E-state index in [1.807, 2.05) is 6.26 Å². The first-order valence-electron chi connectivity index (χ1n) is 2.10. The second-order valence-corrected chi connectivity index (χ2v) is 2.16. The van der Waals surface area contributed by atoms with Crippen LogP contribution in [-0.4, -0.2) is 17.7 Å². The van der Waals surface area contributed by atoms with Gasteiger partial charge in [-0.2, -0.15) is 0 Å². The fourth-order valence-electron chi connectivity index (χ4n) is 0.373. The van der Waals surface area contributed by atoms with E-state index in [2.05, 4.69) is 15.2 Å². The first kappa shape index (κ1) is 5.55. The van der Waals surface area contributed by atoms with Crippen molar-refractivity contribution in [3.63, 3.8) is 0 Å². The Kier molecular flexibility index (Phi) is 1.48. The third-order valence-corrected chi connectivity index (χ3v) is 1.33. The monoisotopic (exact) mass is 130 g/mol. The molecule has 1 rings (SSSR count). The lowest BCUT2D eigenvalue weighted by molar-refractivity contribution is 0.976. The molecule has 4 nitrogen and oxygen atoms in total. The van der Waals surface area contributed by atoms with E-state index in [1.165, 1.54) is 11.8 Å². The van der Waals surface area contributed by atoms with Crippen LogP contribution in [0.2, 0.25) is 0 Å². The molecule has 0 aromatic heterocycles. The molecule has 0 aromatic rings. The standard InChI is InChI=1S/C3H6N4S/c1-8-3-5-2(4)6-7-3/h3H,1H3,(H2,4,5)/t3-/m0/s1. The summed E-state index contributed by atoms with van der Waals surface area (Å²) in [5, 5.41) is 7.21. The second kappa shape index (κ2) is 2.13. The van der Waals surface area contributed by atoms with Crippen LogP contribution in [0.15, 0.2) is 15.2 Å². The fourth-order valence-corrected chi connectivity index (χ4v) is 0.728. The molecule has 1 heterocycles. The molecule has 0 bridgehead atoms. The maximum atomic E-state index is 5.18. The van der Waals surface area contributed by atoms with Crippen molar-refractivity contribution < 1.29 is 0 Å². The highest BCUT2D eigenvalue weighted by atomic mass is 32.2. The lowest BCUT2D eigenvalue weighted by Gasteiger charge is -1.90. The number of thioether (sulfide) groups is 1. The smallest absolute Gasteiger partial charge is 0.238 e. The lowest BCUT2D eigenvalue weighted by Crippen LogP contribution is -2.04. The van der Waals surface area contributed by atoms with Gasteiger partial charge in [-0.3, -0.25) is 0 Å². The average molecular weight is 130 g/mol. The molecule has 8 heavy (non-hydrogen) atoms. The van der Waals surface area contributed by atoms with Gasteiger partial charge in [-0.05, 0) is 6.26 Å². The molecule has 1 aliphatic rings. The number of nitrogens with zero attached hydrogens (tertiary/aromatic N) is 3. The van der Waals surface area contributed by atoms with Crippen LogP contribution in [0.25, 0.3) is 0 Å². The number of nitrogens with two attached hydrogens (primary N) is 1. The largest absolute Gasteiger partial charge is 0.367 e. The van der Waals surface area contributed by atoms with Crippen LogP contribution in [-0.2, 0) is 0 Å². The summed E-state index contributed by atoms with van der Waals surface area (Å²) in [4.78, 5) is 3.83. The van der Waals surface area contributed by atoms with Gasteiger partial charge in [-0.15, -0.1) is 22.0 Å². The highest BCUT2D eigenvalue weighted by Crippen LogP contribution is 2.13. The average Bonchev–Trinajstić information content (AvgIpc) is 2.14. The summed E-state index contributed by atoms with van der Waals surface area (Å²) >= 11 is 1.51. The number of hydrogen-bond acceptors (Lipinski definition) is 5. The SMILES string of the molecule is CS[C@@H]1N=NC(N)=N1. The second-order valence-electron chi connectivity index (χ2n) is 1.26. The van der Waals surface area contributed by atoms with Crippen molar-refractivity contribution in [2.24, 2.45) is 21.0 Å². The van der Waals surface area contributed by atoms with Crippen LogP contribution in [0.4, 0.5) is 0 Å². The van der Waals surface area contributed by atoms with Gasteiger partial charge in [0.1, 0.15) is 0 Å². The number of hydrogen-bond donors (Lipinski definition) is 1. The third-order valence-electron chi connectivity index (χ3n) is 0.713. The maximum absolute atomic E-state index is 5.18. The third kappa shape index (κ3) is 0.975. The van der Waals surface area contributed by atoms with E-state index in [-0.39, 0.29) is 11.5 Å². The number of rotatable bonds is 1. The van der Waals surface area contributed by atoms with Crippen molar-refractivity contribution in [1.82, 2.24) is 0 Å². The fraction of sp³-hybridized carbons (Fsp3) is 0.667. The maximum Gasteiger partial charge on any atom is 0.238 e. The summed E-state index contributed by atoms with van der Waals surface area (Å²) in [7, 11) is 0. The van der Waals surface area contributed by atoms with Gasteiger partial charge in [0.25, 0.3) is 0 Å². The van der Waals surface area contributed by atoms with Gasteiger partial charge in [0, 0.05) is 0 Å². The first-order chi connectivity index (χ1) is 3.83. The Hall–Kier alpha value is -0.580. The van der Waals surface area contributed by atoms with Crippen LogP contribution in [0, 0.1) is 0 Å². The number of aliphatic imine (C=N–C) groups is 1. The van der Waals surface area contributed by atoms with Crippen molar-refractivity contribution in [3.8, 4) is 0 Å². The quantitative estimate of drug-likeness (QED) is 0.559. The van der Waals surface area contributed by atoms with Gasteiger partial charge in [-0.25, -0.2) is 4.99 Å². The summed E-state index contributed by atoms with van der Waals surface area (Å²) in [5.41, 5.74) is 5.09. The van der Waals surface area contributed by atoms with Gasteiger partial charge in [0.05, 0.1) is 0 Å². The van der Waals surface area contributed by atoms with Crippen molar-refractivity contribution in [2.45, 2.75) is 5.50 Å². The van der Waals surface area contributed by atoms with Crippen molar-refractivity contribution in [2.75, 3.05) is 6.26 Å². The minimum absolute atomic E-state index is 0.0880. The molecule has 0 radical (unpaired) electrons. The van der Waals surface area contributed by atoms with Crippen molar-refractivity contribution in [3.05, 3.63) is 0 Å². The molecule has 44 valence electrons. The van der Waals surface area contributed by atoms with Crippen LogP contribution in [0.3, 0.4) is 0 Å². The van der Waals surface area contributed by atoms with Gasteiger partial charge in [0.15, 0.2) is 0 Å². The summed E-state index contributed by atoms with van der Waals surface area (Å²) in [6.45, 7) is 0. The molecule has 5 heteroatoms. The molecule has 0 saturated carbocycles. The Balaban J connectivity index is 2.55. The topological polar surface area (TPSA) is 63.1 Å². The summed E-state index contributed by atoms with van der Waals surface area (Å²) in [6, 6.07) is 0. The van der Waals surface area contributed by atoms with Crippen LogP contribution in [0.5, 0.6) is 0 Å². The molecule has 0 unspecified atom stereocenters. The Labute approximate surface area is 51.3 Å². The Morgan fingerprint density at radius 3 is 2.75 bits per heavy atom. The van der Waals surface area contributed by atoms with Gasteiger partial charge in [-0.1, -0.05) is 0 Å². The molecule has 1 aliphatic heterocycles. The minimum Gasteiger partial charge on any atom is -0.367 e. The zero-order valence-corrected chi connectivity index (χ0v) is 5.22. The highest BCUT2D eigenvalue weighted by Gasteiger charge is 2.07. The van der Waals surface area contributed by atoms with Gasteiger partial charge in [0.2, 0.25) is 11.5 Å². The molecule has 0 spiro atoms. The molecular weight excluding hydrogens is 124 g/mol. The first-order valence-corrected chi connectivity index (χ1v) is 3.38. The van der Waals surface area contributed by atoms with E-state index < -0.39 is 0 Å². The Morgan fingerprint density at radius 1 is 1.75 bits per heavy atom. The van der Waals surface area contributed by atoms with E-state index in [1.54, 1.807) is 0 Å². The molecule has 0 amide bonds. The Bertz CT molecular complexity index is 140. The minimum atomic E-state index is -0.0880. The molecule has 0 fully saturated rings. The molecule has 1 atom stereocenters. The molecule has 0 saturated heterocycles. The van der Waals surface area contributed by atoms with Crippen molar-refractivity contribution in [1.29, 1.82) is 0 Å². The summed E-state index contributed by atoms with van der Waals surface area (Å²) < 4.78 is 0. The molecule has 0 aliphatic carbocycles. The van der Waals surface area contributed by atoms with Crippen LogP contribution < -0.4 is 5.73 Å². The van der Waals surface area contributed by atoms with Crippen LogP contribution >= 0.6 is 11.8 Å². The lowest BCUT2D eigenvalue weighted by atomic mass is 11.0. The number of azo groups is 1. The zero-order valence-electron chi connectivity index (χ0n) is 4.40. The van der Waals surface area contributed by atoms with Crippen LogP contribution in [0.1, 0.15) is 0 Å². The summed E-state index contributed by atoms with van der Waals surface area (Å²) in [6.07, 6.45) is 1.91. The van der Waals surface area contributed by atoms with E-state index >= 15 is 0 Å². The van der Waals surface area contributed by atoms with E-state index in [9.17, 15) is 0 Å². The predicted octanol–water partition coefficient (Wildman–Crippen LogP) is 0.414. The Morgan fingerprint density at radius 2 is 2.50 bits per heavy atom. The van der Waals surface area contributed by atoms with Gasteiger partial charge < -0.3 is 5.73 Å². The molecule has 2 N–H and O–H groups in total. The predicted molar refractivity (Wildman–Crippen MR) is 33.8 cm³/mol.